The van der Waals surface area contributed by atoms with Crippen LogP contribution in [0.25, 0.3) is 0 Å². The molecule has 2 aromatic heterocycles. The maximum atomic E-state index is 12.5. The highest BCUT2D eigenvalue weighted by molar-refractivity contribution is 5.70. The number of hydrogen-bond acceptors (Lipinski definition) is 5. The molecule has 3 aromatic rings. The predicted octanol–water partition coefficient (Wildman–Crippen LogP) is 3.27. The highest BCUT2D eigenvalue weighted by Gasteiger charge is 2.22. The van der Waals surface area contributed by atoms with E-state index in [1.54, 1.807) is 4.90 Å². The summed E-state index contributed by atoms with van der Waals surface area (Å²) in [6.07, 6.45) is 8.20. The lowest BCUT2D eigenvalue weighted by Crippen LogP contribution is -2.49. The first-order valence-corrected chi connectivity index (χ1v) is 11.2. The second-order valence-corrected chi connectivity index (χ2v) is 8.45. The van der Waals surface area contributed by atoms with Crippen molar-refractivity contribution in [2.75, 3.05) is 32.7 Å². The SMILES string of the molecule is Cc1ccnc(CCc2ccc(OC(=O)N3CCN(CCc4cn(C)cn4)CC3)cc2)c1. The van der Waals surface area contributed by atoms with Gasteiger partial charge in [-0.15, -0.1) is 0 Å². The Balaban J connectivity index is 1.19. The lowest BCUT2D eigenvalue weighted by atomic mass is 10.1. The Kier molecular flexibility index (Phi) is 7.17. The van der Waals surface area contributed by atoms with Crippen LogP contribution in [0.2, 0.25) is 0 Å². The number of imidazole rings is 1. The van der Waals surface area contributed by atoms with Gasteiger partial charge in [0.15, 0.2) is 0 Å². The Labute approximate surface area is 189 Å². The monoisotopic (exact) mass is 433 g/mol. The largest absolute Gasteiger partial charge is 0.415 e. The fourth-order valence-electron chi connectivity index (χ4n) is 3.92. The van der Waals surface area contributed by atoms with Gasteiger partial charge < -0.3 is 14.2 Å². The number of carbonyl (C=O) groups is 1. The zero-order valence-electron chi connectivity index (χ0n) is 18.9. The lowest BCUT2D eigenvalue weighted by Gasteiger charge is -2.33. The molecule has 7 nitrogen and oxygen atoms in total. The molecule has 1 aromatic carbocycles. The van der Waals surface area contributed by atoms with E-state index in [0.29, 0.717) is 18.8 Å². The molecule has 32 heavy (non-hydrogen) atoms. The minimum atomic E-state index is -0.272. The summed E-state index contributed by atoms with van der Waals surface area (Å²) in [5.41, 5.74) is 4.63. The van der Waals surface area contributed by atoms with Gasteiger partial charge in [0.05, 0.1) is 12.0 Å². The molecule has 1 aliphatic rings. The van der Waals surface area contributed by atoms with Crippen molar-refractivity contribution in [3.63, 3.8) is 0 Å². The molecule has 168 valence electrons. The van der Waals surface area contributed by atoms with Crippen LogP contribution in [-0.4, -0.2) is 63.2 Å². The standard InChI is InChI=1S/C25H31N5O2/c1-20-9-11-26-22(17-20)6-3-21-4-7-24(8-5-21)32-25(31)30-15-13-29(14-16-30)12-10-23-18-28(2)19-27-23/h4-5,7-9,11,17-19H,3,6,10,12-16H2,1-2H3. The molecular weight excluding hydrogens is 402 g/mol. The van der Waals surface area contributed by atoms with E-state index in [0.717, 1.165) is 50.3 Å². The molecule has 0 spiro atoms. The Bertz CT molecular complexity index is 1020. The predicted molar refractivity (Wildman–Crippen MR) is 124 cm³/mol. The van der Waals surface area contributed by atoms with E-state index in [1.807, 2.05) is 54.5 Å². The molecule has 0 bridgehead atoms. The summed E-state index contributed by atoms with van der Waals surface area (Å²) in [5, 5.41) is 0. The van der Waals surface area contributed by atoms with Gasteiger partial charge in [-0.05, 0) is 55.2 Å². The fourth-order valence-corrected chi connectivity index (χ4v) is 3.92. The van der Waals surface area contributed by atoms with Crippen molar-refractivity contribution < 1.29 is 9.53 Å². The zero-order valence-corrected chi connectivity index (χ0v) is 18.9. The number of aryl methyl sites for hydroxylation is 4. The summed E-state index contributed by atoms with van der Waals surface area (Å²) >= 11 is 0. The van der Waals surface area contributed by atoms with E-state index in [1.165, 1.54) is 11.1 Å². The molecule has 7 heteroatoms. The number of pyridine rings is 1. The van der Waals surface area contributed by atoms with Crippen molar-refractivity contribution >= 4 is 6.09 Å². The summed E-state index contributed by atoms with van der Waals surface area (Å²) in [4.78, 5) is 25.5. The number of benzene rings is 1. The number of piperazine rings is 1. The van der Waals surface area contributed by atoms with E-state index < -0.39 is 0 Å². The Hall–Kier alpha value is -3.19. The molecule has 1 aliphatic heterocycles. The third-order valence-electron chi connectivity index (χ3n) is 5.84. The average molecular weight is 434 g/mol. The first kappa shape index (κ1) is 22.0. The molecule has 4 rings (SSSR count). The van der Waals surface area contributed by atoms with Crippen LogP contribution in [0.15, 0.2) is 55.1 Å². The van der Waals surface area contributed by atoms with Gasteiger partial charge in [-0.3, -0.25) is 9.88 Å². The minimum absolute atomic E-state index is 0.272. The molecule has 3 heterocycles. The van der Waals surface area contributed by atoms with Crippen LogP contribution in [0.5, 0.6) is 5.75 Å². The van der Waals surface area contributed by atoms with Gasteiger partial charge in [0.1, 0.15) is 5.75 Å². The third-order valence-corrected chi connectivity index (χ3v) is 5.84. The van der Waals surface area contributed by atoms with Gasteiger partial charge in [0.25, 0.3) is 0 Å². The topological polar surface area (TPSA) is 63.5 Å². The van der Waals surface area contributed by atoms with E-state index in [-0.39, 0.29) is 6.09 Å². The number of hydrogen-bond donors (Lipinski definition) is 0. The summed E-state index contributed by atoms with van der Waals surface area (Å²) in [6, 6.07) is 11.9. The van der Waals surface area contributed by atoms with Crippen LogP contribution in [-0.2, 0) is 26.3 Å². The van der Waals surface area contributed by atoms with Crippen molar-refractivity contribution in [1.29, 1.82) is 0 Å². The van der Waals surface area contributed by atoms with Gasteiger partial charge in [-0.25, -0.2) is 9.78 Å². The van der Waals surface area contributed by atoms with Gasteiger partial charge in [-0.1, -0.05) is 12.1 Å². The third kappa shape index (κ3) is 6.17. The minimum Gasteiger partial charge on any atom is -0.410 e. The van der Waals surface area contributed by atoms with Crippen molar-refractivity contribution in [3.8, 4) is 5.75 Å². The number of aromatic nitrogens is 3. The number of carbonyl (C=O) groups excluding carboxylic acids is 1. The maximum Gasteiger partial charge on any atom is 0.415 e. The van der Waals surface area contributed by atoms with Crippen LogP contribution in [0.3, 0.4) is 0 Å². The molecule has 0 N–H and O–H groups in total. The first-order chi connectivity index (χ1) is 15.5. The first-order valence-electron chi connectivity index (χ1n) is 11.2. The molecule has 0 saturated carbocycles. The van der Waals surface area contributed by atoms with Gasteiger partial charge in [-0.2, -0.15) is 0 Å². The summed E-state index contributed by atoms with van der Waals surface area (Å²) in [5.74, 6) is 0.588. The normalized spacial score (nSPS) is 14.5. The van der Waals surface area contributed by atoms with Crippen LogP contribution < -0.4 is 4.74 Å². The zero-order chi connectivity index (χ0) is 22.3. The maximum absolute atomic E-state index is 12.5. The fraction of sp³-hybridized carbons (Fsp3) is 0.400. The molecule has 0 radical (unpaired) electrons. The van der Waals surface area contributed by atoms with Crippen LogP contribution >= 0.6 is 0 Å². The van der Waals surface area contributed by atoms with Crippen molar-refractivity contribution in [2.24, 2.45) is 7.05 Å². The highest BCUT2D eigenvalue weighted by atomic mass is 16.6. The molecule has 1 saturated heterocycles. The van der Waals surface area contributed by atoms with Crippen LogP contribution in [0.4, 0.5) is 4.79 Å². The average Bonchev–Trinajstić information content (AvgIpc) is 3.23. The second kappa shape index (κ2) is 10.4. The smallest absolute Gasteiger partial charge is 0.410 e. The molecule has 0 aliphatic carbocycles. The Morgan fingerprint density at radius 3 is 2.44 bits per heavy atom. The van der Waals surface area contributed by atoms with Gasteiger partial charge in [0.2, 0.25) is 0 Å². The van der Waals surface area contributed by atoms with E-state index >= 15 is 0 Å². The van der Waals surface area contributed by atoms with E-state index in [2.05, 4.69) is 34.1 Å². The van der Waals surface area contributed by atoms with Crippen LogP contribution in [0, 0.1) is 6.92 Å². The summed E-state index contributed by atoms with van der Waals surface area (Å²) < 4.78 is 7.57. The number of nitrogens with zero attached hydrogens (tertiary/aromatic N) is 5. The van der Waals surface area contributed by atoms with Crippen LogP contribution in [0.1, 0.15) is 22.5 Å². The van der Waals surface area contributed by atoms with Crippen molar-refractivity contribution in [1.82, 2.24) is 24.3 Å². The number of amides is 1. The van der Waals surface area contributed by atoms with E-state index in [9.17, 15) is 4.79 Å². The number of ether oxygens (including phenoxy) is 1. The van der Waals surface area contributed by atoms with Gasteiger partial charge >= 0.3 is 6.09 Å². The quantitative estimate of drug-likeness (QED) is 0.572. The lowest BCUT2D eigenvalue weighted by molar-refractivity contribution is 0.111. The molecule has 0 atom stereocenters. The number of rotatable bonds is 7. The summed E-state index contributed by atoms with van der Waals surface area (Å²) in [7, 11) is 1.98. The molecule has 1 fully saturated rings. The second-order valence-electron chi connectivity index (χ2n) is 8.45. The van der Waals surface area contributed by atoms with Crippen molar-refractivity contribution in [3.05, 3.63) is 77.6 Å². The Morgan fingerprint density at radius 1 is 0.969 bits per heavy atom. The molecule has 0 unspecified atom stereocenters. The van der Waals surface area contributed by atoms with Gasteiger partial charge in [0, 0.05) is 64.3 Å². The highest BCUT2D eigenvalue weighted by Crippen LogP contribution is 2.16. The molecule has 1 amide bonds. The Morgan fingerprint density at radius 2 is 1.75 bits per heavy atom. The van der Waals surface area contributed by atoms with E-state index in [4.69, 9.17) is 4.74 Å². The summed E-state index contributed by atoms with van der Waals surface area (Å²) in [6.45, 7) is 6.11. The van der Waals surface area contributed by atoms with Crippen molar-refractivity contribution in [2.45, 2.75) is 26.2 Å². The molecular formula is C25H31N5O2.